The van der Waals surface area contributed by atoms with E-state index in [-0.39, 0.29) is 11.5 Å². The fraction of sp³-hybridized carbons (Fsp3) is 0.278. The summed E-state index contributed by atoms with van der Waals surface area (Å²) in [7, 11) is -3.80. The van der Waals surface area contributed by atoms with Crippen molar-refractivity contribution in [1.82, 2.24) is 0 Å². The molecule has 0 unspecified atom stereocenters. The van der Waals surface area contributed by atoms with Crippen LogP contribution in [0, 0.1) is 0 Å². The van der Waals surface area contributed by atoms with Crippen molar-refractivity contribution in [2.24, 2.45) is 5.73 Å². The second kappa shape index (κ2) is 6.44. The number of nitrogens with two attached hydrogens (primary N) is 1. The minimum absolute atomic E-state index is 0.128. The van der Waals surface area contributed by atoms with Crippen LogP contribution in [0.3, 0.4) is 0 Å². The maximum absolute atomic E-state index is 13.1. The maximum Gasteiger partial charge on any atom is 0.328 e. The maximum atomic E-state index is 13.1. The molecule has 0 radical (unpaired) electrons. The van der Waals surface area contributed by atoms with Gasteiger partial charge in [0, 0.05) is 10.9 Å². The lowest BCUT2D eigenvalue weighted by atomic mass is 10.1. The standard InChI is InChI=1S/C18H18ClNO4S/c1-2-24-17(21)18(20)15(12-8-10-13(19)11-9-12)16(18)25(22,23)14-6-4-3-5-7-14/h3-11,15-16H,2,20H2,1H3/t15-,16+,18-/m1/s1. The molecule has 0 aromatic heterocycles. The summed E-state index contributed by atoms with van der Waals surface area (Å²) in [6.07, 6.45) is 0. The summed E-state index contributed by atoms with van der Waals surface area (Å²) in [4.78, 5) is 12.6. The summed E-state index contributed by atoms with van der Waals surface area (Å²) in [6, 6.07) is 14.7. The molecule has 1 aliphatic carbocycles. The first-order valence-electron chi connectivity index (χ1n) is 7.84. The lowest BCUT2D eigenvalue weighted by Gasteiger charge is -2.11. The predicted molar refractivity (Wildman–Crippen MR) is 95.2 cm³/mol. The van der Waals surface area contributed by atoms with Crippen LogP contribution in [0.5, 0.6) is 0 Å². The van der Waals surface area contributed by atoms with Crippen molar-refractivity contribution < 1.29 is 17.9 Å². The molecular weight excluding hydrogens is 362 g/mol. The van der Waals surface area contributed by atoms with E-state index in [1.165, 1.54) is 12.1 Å². The molecular formula is C18H18ClNO4S. The lowest BCUT2D eigenvalue weighted by molar-refractivity contribution is -0.145. The predicted octanol–water partition coefficient (Wildman–Crippen LogP) is 2.54. The smallest absolute Gasteiger partial charge is 0.328 e. The minimum atomic E-state index is -3.80. The Bertz CT molecular complexity index is 883. The molecule has 0 saturated heterocycles. The Morgan fingerprint density at radius 1 is 1.16 bits per heavy atom. The van der Waals surface area contributed by atoms with Crippen LogP contribution >= 0.6 is 11.6 Å². The first-order valence-corrected chi connectivity index (χ1v) is 9.76. The average Bonchev–Trinajstić information content (AvgIpc) is 3.25. The SMILES string of the molecule is CCOC(=O)[C@@]1(N)[C@H](c2ccc(Cl)cc2)[C@@H]1S(=O)(=O)c1ccccc1. The molecule has 0 spiro atoms. The number of esters is 1. The van der Waals surface area contributed by atoms with Gasteiger partial charge in [-0.1, -0.05) is 41.9 Å². The van der Waals surface area contributed by atoms with Crippen molar-refractivity contribution in [1.29, 1.82) is 0 Å². The molecule has 3 rings (SSSR count). The fourth-order valence-electron chi connectivity index (χ4n) is 3.19. The molecule has 132 valence electrons. The highest BCUT2D eigenvalue weighted by Gasteiger charge is 2.74. The monoisotopic (exact) mass is 379 g/mol. The number of sulfone groups is 1. The molecule has 7 heteroatoms. The third kappa shape index (κ3) is 2.94. The third-order valence-electron chi connectivity index (χ3n) is 4.44. The molecule has 1 fully saturated rings. The zero-order valence-corrected chi connectivity index (χ0v) is 15.1. The van der Waals surface area contributed by atoms with Gasteiger partial charge in [-0.25, -0.2) is 13.2 Å². The van der Waals surface area contributed by atoms with Gasteiger partial charge in [0.25, 0.3) is 0 Å². The normalized spacial score (nSPS) is 25.4. The van der Waals surface area contributed by atoms with Crippen molar-refractivity contribution in [3.05, 3.63) is 65.2 Å². The van der Waals surface area contributed by atoms with Gasteiger partial charge in [0.1, 0.15) is 10.8 Å². The van der Waals surface area contributed by atoms with E-state index in [2.05, 4.69) is 0 Å². The first kappa shape index (κ1) is 17.9. The van der Waals surface area contributed by atoms with Crippen LogP contribution < -0.4 is 5.73 Å². The van der Waals surface area contributed by atoms with Crippen molar-refractivity contribution in [2.45, 2.75) is 28.5 Å². The van der Waals surface area contributed by atoms with E-state index in [9.17, 15) is 13.2 Å². The first-order chi connectivity index (χ1) is 11.8. The van der Waals surface area contributed by atoms with Gasteiger partial charge in [0.05, 0.1) is 11.5 Å². The highest BCUT2D eigenvalue weighted by atomic mass is 35.5. The summed E-state index contributed by atoms with van der Waals surface area (Å²) < 4.78 is 31.2. The largest absolute Gasteiger partial charge is 0.465 e. The van der Waals surface area contributed by atoms with Crippen molar-refractivity contribution in [3.8, 4) is 0 Å². The highest BCUT2D eigenvalue weighted by molar-refractivity contribution is 7.92. The zero-order chi connectivity index (χ0) is 18.2. The Morgan fingerprint density at radius 3 is 2.32 bits per heavy atom. The van der Waals surface area contributed by atoms with Crippen LogP contribution in [-0.2, 0) is 19.4 Å². The Morgan fingerprint density at radius 2 is 1.76 bits per heavy atom. The summed E-state index contributed by atoms with van der Waals surface area (Å²) in [5, 5.41) is -0.562. The van der Waals surface area contributed by atoms with E-state index in [0.717, 1.165) is 0 Å². The second-order valence-electron chi connectivity index (χ2n) is 5.96. The Hall–Kier alpha value is -1.89. The Kier molecular flexibility index (Phi) is 4.62. The summed E-state index contributed by atoms with van der Waals surface area (Å²) in [5.74, 6) is -1.39. The van der Waals surface area contributed by atoms with Gasteiger partial charge in [0.2, 0.25) is 0 Å². The number of rotatable bonds is 5. The van der Waals surface area contributed by atoms with Gasteiger partial charge in [-0.2, -0.15) is 0 Å². The molecule has 0 bridgehead atoms. The molecule has 0 amide bonds. The number of carbonyl (C=O) groups is 1. The minimum Gasteiger partial charge on any atom is -0.465 e. The van der Waals surface area contributed by atoms with E-state index in [1.54, 1.807) is 49.4 Å². The van der Waals surface area contributed by atoms with Crippen LogP contribution in [0.25, 0.3) is 0 Å². The number of carbonyl (C=O) groups excluding carboxylic acids is 1. The second-order valence-corrected chi connectivity index (χ2v) is 8.47. The lowest BCUT2D eigenvalue weighted by Crippen LogP contribution is -2.41. The van der Waals surface area contributed by atoms with Crippen molar-refractivity contribution in [2.75, 3.05) is 6.61 Å². The van der Waals surface area contributed by atoms with Gasteiger partial charge < -0.3 is 10.5 Å². The van der Waals surface area contributed by atoms with Crippen LogP contribution in [-0.4, -0.2) is 31.8 Å². The number of ether oxygens (including phenoxy) is 1. The molecule has 25 heavy (non-hydrogen) atoms. The number of benzene rings is 2. The number of hydrogen-bond acceptors (Lipinski definition) is 5. The van der Waals surface area contributed by atoms with Crippen LogP contribution in [0.1, 0.15) is 18.4 Å². The molecule has 1 saturated carbocycles. The average molecular weight is 380 g/mol. The summed E-state index contributed by atoms with van der Waals surface area (Å²) >= 11 is 5.90. The highest BCUT2D eigenvalue weighted by Crippen LogP contribution is 2.56. The quantitative estimate of drug-likeness (QED) is 0.807. The number of halogens is 1. The van der Waals surface area contributed by atoms with Gasteiger partial charge in [-0.3, -0.25) is 0 Å². The molecule has 0 aliphatic heterocycles. The molecule has 1 aliphatic rings. The summed E-state index contributed by atoms with van der Waals surface area (Å²) in [5.41, 5.74) is 5.30. The Labute approximate surface area is 151 Å². The van der Waals surface area contributed by atoms with Crippen molar-refractivity contribution >= 4 is 27.4 Å². The molecule has 2 aromatic rings. The van der Waals surface area contributed by atoms with E-state index in [4.69, 9.17) is 22.1 Å². The molecule has 3 atom stereocenters. The van der Waals surface area contributed by atoms with Crippen LogP contribution in [0.4, 0.5) is 0 Å². The Balaban J connectivity index is 2.06. The van der Waals surface area contributed by atoms with Crippen molar-refractivity contribution in [3.63, 3.8) is 0 Å². The fourth-order valence-corrected chi connectivity index (χ4v) is 5.56. The summed E-state index contributed by atoms with van der Waals surface area (Å²) in [6.45, 7) is 1.78. The van der Waals surface area contributed by atoms with Gasteiger partial charge in [0.15, 0.2) is 9.84 Å². The molecule has 2 aromatic carbocycles. The van der Waals surface area contributed by atoms with Crippen LogP contribution in [0.15, 0.2) is 59.5 Å². The van der Waals surface area contributed by atoms with Gasteiger partial charge in [-0.15, -0.1) is 0 Å². The van der Waals surface area contributed by atoms with Gasteiger partial charge in [-0.05, 0) is 36.8 Å². The van der Waals surface area contributed by atoms with E-state index in [1.807, 2.05) is 0 Å². The zero-order valence-electron chi connectivity index (χ0n) is 13.6. The molecule has 5 nitrogen and oxygen atoms in total. The topological polar surface area (TPSA) is 86.5 Å². The third-order valence-corrected chi connectivity index (χ3v) is 6.96. The number of hydrogen-bond donors (Lipinski definition) is 1. The molecule has 2 N–H and O–H groups in total. The van der Waals surface area contributed by atoms with Gasteiger partial charge >= 0.3 is 5.97 Å². The molecule has 0 heterocycles. The van der Waals surface area contributed by atoms with Crippen LogP contribution in [0.2, 0.25) is 5.02 Å². The van der Waals surface area contributed by atoms with E-state index in [0.29, 0.717) is 10.6 Å². The van der Waals surface area contributed by atoms with E-state index < -0.39 is 32.5 Å². The van der Waals surface area contributed by atoms with E-state index >= 15 is 0 Å².